The van der Waals surface area contributed by atoms with E-state index in [0.29, 0.717) is 11.4 Å². The highest BCUT2D eigenvalue weighted by Crippen LogP contribution is 2.19. The maximum absolute atomic E-state index is 11.8. The third-order valence-corrected chi connectivity index (χ3v) is 4.59. The molecule has 0 saturated heterocycles. The molecule has 24 heavy (non-hydrogen) atoms. The average Bonchev–Trinajstić information content (AvgIpc) is 2.56. The fourth-order valence-electron chi connectivity index (χ4n) is 1.78. The van der Waals surface area contributed by atoms with Crippen LogP contribution in [0.25, 0.3) is 0 Å². The molecule has 2 aromatic rings. The van der Waals surface area contributed by atoms with Gasteiger partial charge < -0.3 is 14.8 Å². The fourth-order valence-corrected chi connectivity index (χ4v) is 2.39. The third kappa shape index (κ3) is 6.12. The van der Waals surface area contributed by atoms with E-state index < -0.39 is 11.9 Å². The molecule has 0 saturated carbocycles. The van der Waals surface area contributed by atoms with Crippen LogP contribution in [0, 0.1) is 10.5 Å². The molecule has 0 radical (unpaired) electrons. The van der Waals surface area contributed by atoms with Crippen LogP contribution in [0.1, 0.15) is 5.56 Å². The van der Waals surface area contributed by atoms with Gasteiger partial charge in [0.1, 0.15) is 5.75 Å². The lowest BCUT2D eigenvalue weighted by Gasteiger charge is -2.09. The number of amides is 1. The molecule has 0 fully saturated rings. The van der Waals surface area contributed by atoms with Crippen molar-refractivity contribution < 1.29 is 19.1 Å². The lowest BCUT2D eigenvalue weighted by atomic mass is 10.2. The van der Waals surface area contributed by atoms with Gasteiger partial charge in [0.15, 0.2) is 13.2 Å². The minimum absolute atomic E-state index is 0.245. The van der Waals surface area contributed by atoms with Crippen LogP contribution in [0.2, 0.25) is 0 Å². The summed E-state index contributed by atoms with van der Waals surface area (Å²) in [7, 11) is 0. The molecule has 0 spiro atoms. The van der Waals surface area contributed by atoms with Crippen LogP contribution < -0.4 is 10.1 Å². The van der Waals surface area contributed by atoms with Crippen molar-refractivity contribution in [1.82, 2.24) is 0 Å². The van der Waals surface area contributed by atoms with Gasteiger partial charge >= 0.3 is 5.97 Å². The van der Waals surface area contributed by atoms with Gasteiger partial charge in [-0.15, -0.1) is 0 Å². The monoisotopic (exact) mass is 503 g/mol. The van der Waals surface area contributed by atoms with Crippen molar-refractivity contribution in [3.63, 3.8) is 0 Å². The van der Waals surface area contributed by atoms with E-state index in [2.05, 4.69) is 43.8 Å². The second-order valence-electron chi connectivity index (χ2n) is 4.92. The van der Waals surface area contributed by atoms with E-state index in [0.717, 1.165) is 13.6 Å². The van der Waals surface area contributed by atoms with Crippen LogP contribution in [0.15, 0.2) is 46.9 Å². The number of halogens is 2. The molecule has 5 nitrogen and oxygen atoms in total. The van der Waals surface area contributed by atoms with E-state index in [9.17, 15) is 9.59 Å². The quantitative estimate of drug-likeness (QED) is 0.479. The number of benzene rings is 2. The molecule has 7 heteroatoms. The number of ether oxygens (including phenoxy) is 2. The van der Waals surface area contributed by atoms with Crippen molar-refractivity contribution in [1.29, 1.82) is 0 Å². The Morgan fingerprint density at radius 3 is 2.50 bits per heavy atom. The number of carbonyl (C=O) groups excluding carboxylic acids is 2. The van der Waals surface area contributed by atoms with Gasteiger partial charge in [0.25, 0.3) is 5.91 Å². The summed E-state index contributed by atoms with van der Waals surface area (Å²) in [6, 6.07) is 12.7. The van der Waals surface area contributed by atoms with E-state index in [1.165, 1.54) is 0 Å². The Morgan fingerprint density at radius 1 is 1.12 bits per heavy atom. The van der Waals surface area contributed by atoms with Crippen molar-refractivity contribution >= 4 is 56.1 Å². The number of aryl methyl sites for hydroxylation is 1. The summed E-state index contributed by atoms with van der Waals surface area (Å²) in [5.41, 5.74) is 1.64. The Bertz CT molecular complexity index is 734. The SMILES string of the molecule is Cc1cc(NC(=O)COC(=O)COc2ccc(I)cc2)ccc1Br. The summed E-state index contributed by atoms with van der Waals surface area (Å²) in [4.78, 5) is 23.4. The van der Waals surface area contributed by atoms with Crippen LogP contribution in [0.3, 0.4) is 0 Å². The van der Waals surface area contributed by atoms with Crippen molar-refractivity contribution in [2.45, 2.75) is 6.92 Å². The summed E-state index contributed by atoms with van der Waals surface area (Å²) in [5.74, 6) is -0.433. The molecule has 0 aliphatic heterocycles. The van der Waals surface area contributed by atoms with Crippen LogP contribution in [0.5, 0.6) is 5.75 Å². The maximum atomic E-state index is 11.8. The first kappa shape index (κ1) is 18.7. The molecule has 0 aromatic heterocycles. The highest BCUT2D eigenvalue weighted by atomic mass is 127. The van der Waals surface area contributed by atoms with Gasteiger partial charge in [0, 0.05) is 13.7 Å². The molecule has 0 atom stereocenters. The Balaban J connectivity index is 1.73. The Hall–Kier alpha value is -1.61. The van der Waals surface area contributed by atoms with Gasteiger partial charge in [0.05, 0.1) is 0 Å². The Kier molecular flexibility index (Phi) is 7.04. The Morgan fingerprint density at radius 2 is 1.83 bits per heavy atom. The molecule has 0 aliphatic rings. The zero-order valence-corrected chi connectivity index (χ0v) is 16.6. The van der Waals surface area contributed by atoms with Crippen LogP contribution in [-0.4, -0.2) is 25.1 Å². The third-order valence-electron chi connectivity index (χ3n) is 2.98. The van der Waals surface area contributed by atoms with E-state index in [4.69, 9.17) is 9.47 Å². The summed E-state index contributed by atoms with van der Waals surface area (Å²) in [6.07, 6.45) is 0. The number of carbonyl (C=O) groups is 2. The largest absolute Gasteiger partial charge is 0.482 e. The zero-order valence-electron chi connectivity index (χ0n) is 12.8. The second kappa shape index (κ2) is 9.03. The topological polar surface area (TPSA) is 64.6 Å². The standard InChI is InChI=1S/C17H15BrINO4/c1-11-8-13(4-7-15(11)18)20-16(21)9-24-17(22)10-23-14-5-2-12(19)3-6-14/h2-8H,9-10H2,1H3,(H,20,21). The van der Waals surface area contributed by atoms with Crippen LogP contribution in [0.4, 0.5) is 5.69 Å². The first-order valence-corrected chi connectivity index (χ1v) is 8.91. The van der Waals surface area contributed by atoms with Gasteiger partial charge in [-0.25, -0.2) is 4.79 Å². The number of hydrogen-bond acceptors (Lipinski definition) is 4. The van der Waals surface area contributed by atoms with Gasteiger partial charge in [-0.1, -0.05) is 15.9 Å². The molecule has 1 N–H and O–H groups in total. The molecule has 0 heterocycles. The molecule has 2 rings (SSSR count). The molecular formula is C17H15BrINO4. The maximum Gasteiger partial charge on any atom is 0.344 e. The van der Waals surface area contributed by atoms with Gasteiger partial charge in [-0.3, -0.25) is 4.79 Å². The molecule has 0 unspecified atom stereocenters. The summed E-state index contributed by atoms with van der Waals surface area (Å²) in [6.45, 7) is 1.32. The number of hydrogen-bond donors (Lipinski definition) is 1. The highest BCUT2D eigenvalue weighted by molar-refractivity contribution is 14.1. The van der Waals surface area contributed by atoms with Crippen molar-refractivity contribution in [2.75, 3.05) is 18.5 Å². The fraction of sp³-hybridized carbons (Fsp3) is 0.176. The molecule has 2 aromatic carbocycles. The highest BCUT2D eigenvalue weighted by Gasteiger charge is 2.09. The van der Waals surface area contributed by atoms with E-state index in [1.807, 2.05) is 31.2 Å². The summed E-state index contributed by atoms with van der Waals surface area (Å²) in [5, 5.41) is 2.67. The van der Waals surface area contributed by atoms with Crippen molar-refractivity contribution in [3.8, 4) is 5.75 Å². The van der Waals surface area contributed by atoms with E-state index >= 15 is 0 Å². The summed E-state index contributed by atoms with van der Waals surface area (Å²) < 4.78 is 12.2. The van der Waals surface area contributed by atoms with Crippen LogP contribution >= 0.6 is 38.5 Å². The molecule has 1 amide bonds. The molecule has 126 valence electrons. The molecule has 0 aliphatic carbocycles. The second-order valence-corrected chi connectivity index (χ2v) is 7.02. The zero-order chi connectivity index (χ0) is 17.5. The van der Waals surface area contributed by atoms with E-state index in [-0.39, 0.29) is 13.2 Å². The lowest BCUT2D eigenvalue weighted by molar-refractivity contribution is -0.149. The first-order valence-electron chi connectivity index (χ1n) is 7.04. The number of rotatable bonds is 6. The average molecular weight is 504 g/mol. The van der Waals surface area contributed by atoms with Gasteiger partial charge in [-0.05, 0) is 77.5 Å². The molecular weight excluding hydrogens is 489 g/mol. The van der Waals surface area contributed by atoms with Crippen molar-refractivity contribution in [2.24, 2.45) is 0 Å². The smallest absolute Gasteiger partial charge is 0.344 e. The Labute approximate surface area is 162 Å². The number of esters is 1. The number of anilines is 1. The van der Waals surface area contributed by atoms with Crippen molar-refractivity contribution in [3.05, 3.63) is 56.1 Å². The minimum atomic E-state index is -0.601. The predicted molar refractivity (Wildman–Crippen MR) is 103 cm³/mol. The molecule has 0 bridgehead atoms. The van der Waals surface area contributed by atoms with E-state index in [1.54, 1.807) is 18.2 Å². The van der Waals surface area contributed by atoms with Crippen LogP contribution in [-0.2, 0) is 14.3 Å². The van der Waals surface area contributed by atoms with Gasteiger partial charge in [0.2, 0.25) is 0 Å². The minimum Gasteiger partial charge on any atom is -0.482 e. The summed E-state index contributed by atoms with van der Waals surface area (Å²) >= 11 is 5.57. The van der Waals surface area contributed by atoms with Gasteiger partial charge in [-0.2, -0.15) is 0 Å². The lowest BCUT2D eigenvalue weighted by Crippen LogP contribution is -2.23. The predicted octanol–water partition coefficient (Wildman–Crippen LogP) is 3.92. The first-order chi connectivity index (χ1) is 11.4. The normalized spacial score (nSPS) is 10.1. The number of nitrogens with one attached hydrogen (secondary N) is 1.